The van der Waals surface area contributed by atoms with Gasteiger partial charge in [-0.25, -0.2) is 4.79 Å². The van der Waals surface area contributed by atoms with Crippen LogP contribution in [0.5, 0.6) is 11.5 Å². The Labute approximate surface area is 163 Å². The number of aryl methyl sites for hydroxylation is 1. The number of esters is 1. The third-order valence-corrected chi connectivity index (χ3v) is 9.29. The molecule has 1 aromatic heterocycles. The molecule has 1 aromatic carbocycles. The number of fused-ring (bicyclic) bond motifs is 1. The molecule has 0 amide bonds. The monoisotopic (exact) mass is 392 g/mol. The van der Waals surface area contributed by atoms with E-state index >= 15 is 0 Å². The normalized spacial score (nSPS) is 12.5. The maximum absolute atomic E-state index is 12.4. The van der Waals surface area contributed by atoms with E-state index < -0.39 is 8.32 Å². The summed E-state index contributed by atoms with van der Waals surface area (Å²) in [7, 11) is -2.10. The molecular formula is C21H32O5Si. The van der Waals surface area contributed by atoms with Crippen LogP contribution in [0.4, 0.5) is 0 Å². The van der Waals surface area contributed by atoms with Crippen molar-refractivity contribution in [2.24, 2.45) is 0 Å². The van der Waals surface area contributed by atoms with Crippen molar-refractivity contribution in [3.05, 3.63) is 23.5 Å². The molecular weight excluding hydrogens is 360 g/mol. The lowest BCUT2D eigenvalue weighted by molar-refractivity contribution is 0.0526. The fourth-order valence-corrected chi connectivity index (χ4v) is 3.55. The van der Waals surface area contributed by atoms with Gasteiger partial charge in [0.15, 0.2) is 5.75 Å². The fourth-order valence-electron chi connectivity index (χ4n) is 2.54. The predicted molar refractivity (Wildman–Crippen MR) is 110 cm³/mol. The van der Waals surface area contributed by atoms with Gasteiger partial charge in [0.05, 0.1) is 12.7 Å². The quantitative estimate of drug-likeness (QED) is 0.440. The van der Waals surface area contributed by atoms with Gasteiger partial charge in [-0.05, 0) is 51.9 Å². The summed E-state index contributed by atoms with van der Waals surface area (Å²) in [5.41, 5.74) is 1.04. The van der Waals surface area contributed by atoms with Gasteiger partial charge in [0.25, 0.3) is 8.32 Å². The first-order chi connectivity index (χ1) is 12.4. The van der Waals surface area contributed by atoms with E-state index in [0.29, 0.717) is 40.4 Å². The molecule has 1 heterocycles. The number of carbonyl (C=O) groups excluding carboxylic acids is 1. The zero-order valence-corrected chi connectivity index (χ0v) is 19.0. The summed E-state index contributed by atoms with van der Waals surface area (Å²) in [5.74, 6) is 1.42. The second kappa shape index (κ2) is 7.58. The van der Waals surface area contributed by atoms with Crippen molar-refractivity contribution < 1.29 is 23.1 Å². The fraction of sp³-hybridized carbons (Fsp3) is 0.571. The van der Waals surface area contributed by atoms with Crippen molar-refractivity contribution in [1.82, 2.24) is 0 Å². The number of hydrogen-bond donors (Lipinski definition) is 0. The summed E-state index contributed by atoms with van der Waals surface area (Å²) in [4.78, 5) is 12.4. The Bertz CT molecular complexity index is 827. The van der Waals surface area contributed by atoms with Crippen molar-refractivity contribution in [2.75, 3.05) is 6.61 Å². The molecule has 5 nitrogen and oxygen atoms in total. The van der Waals surface area contributed by atoms with Crippen LogP contribution in [0.3, 0.4) is 0 Å². The molecule has 0 radical (unpaired) electrons. The number of rotatable bonds is 6. The highest BCUT2D eigenvalue weighted by molar-refractivity contribution is 6.74. The van der Waals surface area contributed by atoms with Crippen LogP contribution in [0, 0.1) is 6.92 Å². The number of carbonyl (C=O) groups is 1. The minimum Gasteiger partial charge on any atom is -0.541 e. The Morgan fingerprint density at radius 1 is 1.19 bits per heavy atom. The molecule has 0 saturated carbocycles. The minimum absolute atomic E-state index is 0.00944. The molecule has 0 atom stereocenters. The highest BCUT2D eigenvalue weighted by atomic mass is 28.4. The zero-order chi connectivity index (χ0) is 20.6. The lowest BCUT2D eigenvalue weighted by atomic mass is 10.1. The Hall–Kier alpha value is -1.95. The molecule has 0 aliphatic heterocycles. The highest BCUT2D eigenvalue weighted by Gasteiger charge is 2.40. The van der Waals surface area contributed by atoms with Gasteiger partial charge in [-0.15, -0.1) is 0 Å². The largest absolute Gasteiger partial charge is 0.541 e. The molecule has 0 unspecified atom stereocenters. The predicted octanol–water partition coefficient (Wildman–Crippen LogP) is 6.09. The number of ether oxygens (including phenoxy) is 2. The SMILES string of the molecule is CCOC(=O)c1c(C)oc2cc(OC(C)C)c(O[Si](C)(C)C(C)(C)C)cc12. The van der Waals surface area contributed by atoms with Crippen molar-refractivity contribution in [3.63, 3.8) is 0 Å². The minimum atomic E-state index is -2.10. The van der Waals surface area contributed by atoms with Crippen LogP contribution < -0.4 is 9.16 Å². The Kier molecular flexibility index (Phi) is 5.99. The molecule has 6 heteroatoms. The van der Waals surface area contributed by atoms with Crippen molar-refractivity contribution >= 4 is 25.3 Å². The van der Waals surface area contributed by atoms with E-state index in [-0.39, 0.29) is 17.1 Å². The van der Waals surface area contributed by atoms with Crippen LogP contribution in [-0.4, -0.2) is 27.0 Å². The summed E-state index contributed by atoms with van der Waals surface area (Å²) >= 11 is 0. The summed E-state index contributed by atoms with van der Waals surface area (Å²) in [6.45, 7) is 18.7. The molecule has 2 rings (SSSR count). The van der Waals surface area contributed by atoms with Gasteiger partial charge in [-0.3, -0.25) is 0 Å². The maximum Gasteiger partial charge on any atom is 0.342 e. The Morgan fingerprint density at radius 3 is 2.33 bits per heavy atom. The van der Waals surface area contributed by atoms with Gasteiger partial charge in [0, 0.05) is 11.5 Å². The van der Waals surface area contributed by atoms with Gasteiger partial charge in [-0.1, -0.05) is 20.8 Å². The van der Waals surface area contributed by atoms with Crippen molar-refractivity contribution in [1.29, 1.82) is 0 Å². The Morgan fingerprint density at radius 2 is 1.81 bits per heavy atom. The number of hydrogen-bond acceptors (Lipinski definition) is 5. The molecule has 0 fully saturated rings. The highest BCUT2D eigenvalue weighted by Crippen LogP contribution is 2.43. The molecule has 0 saturated heterocycles. The summed E-state index contributed by atoms with van der Waals surface area (Å²) in [5, 5.41) is 0.726. The van der Waals surface area contributed by atoms with Crippen LogP contribution in [0.2, 0.25) is 18.1 Å². The molecule has 0 N–H and O–H groups in total. The van der Waals surface area contributed by atoms with Crippen LogP contribution in [0.1, 0.15) is 57.7 Å². The average molecular weight is 393 g/mol. The van der Waals surface area contributed by atoms with Gasteiger partial charge in [0.2, 0.25) is 0 Å². The molecule has 150 valence electrons. The van der Waals surface area contributed by atoms with E-state index in [1.165, 1.54) is 0 Å². The van der Waals surface area contributed by atoms with Crippen LogP contribution >= 0.6 is 0 Å². The summed E-state index contributed by atoms with van der Waals surface area (Å²) in [6, 6.07) is 3.67. The third-order valence-electron chi connectivity index (χ3n) is 4.94. The second-order valence-corrected chi connectivity index (χ2v) is 13.3. The first-order valence-corrected chi connectivity index (χ1v) is 12.4. The van der Waals surface area contributed by atoms with Gasteiger partial charge < -0.3 is 18.3 Å². The number of benzene rings is 1. The summed E-state index contributed by atoms with van der Waals surface area (Å²) < 4.78 is 23.5. The average Bonchev–Trinajstić information content (AvgIpc) is 2.80. The molecule has 0 spiro atoms. The third kappa shape index (κ3) is 4.49. The van der Waals surface area contributed by atoms with Crippen LogP contribution in [0.15, 0.2) is 16.5 Å². The van der Waals surface area contributed by atoms with E-state index in [2.05, 4.69) is 33.9 Å². The molecule has 27 heavy (non-hydrogen) atoms. The first kappa shape index (κ1) is 21.3. The maximum atomic E-state index is 12.4. The first-order valence-electron chi connectivity index (χ1n) is 9.47. The molecule has 0 aliphatic carbocycles. The van der Waals surface area contributed by atoms with E-state index in [1.807, 2.05) is 26.0 Å². The summed E-state index contributed by atoms with van der Waals surface area (Å²) in [6.07, 6.45) is -0.00944. The van der Waals surface area contributed by atoms with Gasteiger partial charge in [-0.2, -0.15) is 0 Å². The standard InChI is InChI=1S/C21H32O5Si/c1-10-23-20(22)19-14(4)25-16-12-17(24-13(2)3)18(11-15(16)19)26-27(8,9)21(5,6)7/h11-13H,10H2,1-9H3. The Balaban J connectivity index is 2.64. The molecule has 2 aromatic rings. The topological polar surface area (TPSA) is 57.9 Å². The number of furan rings is 1. The molecule has 0 bridgehead atoms. The van der Waals surface area contributed by atoms with Gasteiger partial charge >= 0.3 is 5.97 Å². The van der Waals surface area contributed by atoms with Crippen LogP contribution in [-0.2, 0) is 4.74 Å². The molecule has 0 aliphatic rings. The zero-order valence-electron chi connectivity index (χ0n) is 18.0. The lowest BCUT2D eigenvalue weighted by Gasteiger charge is -2.37. The van der Waals surface area contributed by atoms with E-state index in [9.17, 15) is 4.79 Å². The van der Waals surface area contributed by atoms with Gasteiger partial charge in [0.1, 0.15) is 22.7 Å². The van der Waals surface area contributed by atoms with Crippen LogP contribution in [0.25, 0.3) is 11.0 Å². The van der Waals surface area contributed by atoms with E-state index in [0.717, 1.165) is 0 Å². The lowest BCUT2D eigenvalue weighted by Crippen LogP contribution is -2.44. The van der Waals surface area contributed by atoms with Crippen molar-refractivity contribution in [3.8, 4) is 11.5 Å². The smallest absolute Gasteiger partial charge is 0.342 e. The van der Waals surface area contributed by atoms with Crippen molar-refractivity contribution in [2.45, 2.75) is 72.7 Å². The van der Waals surface area contributed by atoms with E-state index in [1.54, 1.807) is 13.8 Å². The second-order valence-electron chi connectivity index (χ2n) is 8.58. The van der Waals surface area contributed by atoms with E-state index in [4.69, 9.17) is 18.3 Å².